The molecule has 3 heteroatoms. The van der Waals surface area contributed by atoms with Gasteiger partial charge in [-0.2, -0.15) is 0 Å². The number of aromatic hydroxyl groups is 1. The zero-order valence-electron chi connectivity index (χ0n) is 11.1. The van der Waals surface area contributed by atoms with Crippen LogP contribution in [0, 0.1) is 0 Å². The third kappa shape index (κ3) is 4.14. The molecule has 0 saturated carbocycles. The molecule has 0 fully saturated rings. The molecule has 100 valence electrons. The summed E-state index contributed by atoms with van der Waals surface area (Å²) >= 11 is 0. The van der Waals surface area contributed by atoms with Crippen LogP contribution in [0.25, 0.3) is 6.08 Å². The van der Waals surface area contributed by atoms with Crippen LogP contribution < -0.4 is 0 Å². The predicted octanol–water partition coefficient (Wildman–Crippen LogP) is 3.04. The lowest BCUT2D eigenvalue weighted by Crippen LogP contribution is -1.95. The molecule has 0 bridgehead atoms. The van der Waals surface area contributed by atoms with Crippen molar-refractivity contribution in [3.8, 4) is 5.75 Å². The van der Waals surface area contributed by atoms with Gasteiger partial charge < -0.3 is 9.84 Å². The number of carbonyl (C=O) groups excluding carboxylic acids is 1. The van der Waals surface area contributed by atoms with E-state index in [0.717, 1.165) is 16.7 Å². The van der Waals surface area contributed by atoms with E-state index in [1.54, 1.807) is 18.2 Å². The Kier molecular flexibility index (Phi) is 5.61. The number of rotatable bonds is 6. The summed E-state index contributed by atoms with van der Waals surface area (Å²) < 4.78 is 4.54. The average molecular weight is 258 g/mol. The number of carbonyl (C=O) groups is 1. The molecule has 0 atom stereocenters. The SMILES string of the molecule is C=CCc1cc(C=CC(=O)OC)cc(CC=C)c1O. The molecule has 1 rings (SSSR count). The number of esters is 1. The van der Waals surface area contributed by atoms with Crippen molar-refractivity contribution in [1.29, 1.82) is 0 Å². The molecule has 0 aliphatic heterocycles. The van der Waals surface area contributed by atoms with Crippen molar-refractivity contribution in [1.82, 2.24) is 0 Å². The Morgan fingerprint density at radius 3 is 2.21 bits per heavy atom. The number of phenolic OH excluding ortho intramolecular Hbond substituents is 1. The summed E-state index contributed by atoms with van der Waals surface area (Å²) in [6, 6.07) is 3.64. The maximum Gasteiger partial charge on any atom is 0.330 e. The first kappa shape index (κ1) is 14.8. The molecule has 0 aliphatic carbocycles. The summed E-state index contributed by atoms with van der Waals surface area (Å²) in [4.78, 5) is 11.1. The van der Waals surface area contributed by atoms with Crippen LogP contribution in [0.3, 0.4) is 0 Å². The fraction of sp³-hybridized carbons (Fsp3) is 0.188. The molecule has 19 heavy (non-hydrogen) atoms. The van der Waals surface area contributed by atoms with Crippen molar-refractivity contribution >= 4 is 12.0 Å². The second-order valence-corrected chi connectivity index (χ2v) is 4.03. The lowest BCUT2D eigenvalue weighted by molar-refractivity contribution is -0.134. The first-order chi connectivity index (χ1) is 9.12. The van der Waals surface area contributed by atoms with E-state index in [2.05, 4.69) is 17.9 Å². The van der Waals surface area contributed by atoms with Gasteiger partial charge in [-0.15, -0.1) is 13.2 Å². The molecule has 1 N–H and O–H groups in total. The number of benzene rings is 1. The van der Waals surface area contributed by atoms with Gasteiger partial charge in [-0.25, -0.2) is 4.79 Å². The van der Waals surface area contributed by atoms with Crippen LogP contribution in [0.2, 0.25) is 0 Å². The van der Waals surface area contributed by atoms with Crippen molar-refractivity contribution in [2.45, 2.75) is 12.8 Å². The topological polar surface area (TPSA) is 46.5 Å². The van der Waals surface area contributed by atoms with Crippen LogP contribution in [0.5, 0.6) is 5.75 Å². The highest BCUT2D eigenvalue weighted by atomic mass is 16.5. The molecule has 1 aromatic carbocycles. The molecule has 0 amide bonds. The van der Waals surface area contributed by atoms with Gasteiger partial charge in [0.2, 0.25) is 0 Å². The van der Waals surface area contributed by atoms with Crippen LogP contribution in [0.1, 0.15) is 16.7 Å². The van der Waals surface area contributed by atoms with Gasteiger partial charge in [0, 0.05) is 6.08 Å². The van der Waals surface area contributed by atoms with E-state index in [1.807, 2.05) is 12.1 Å². The van der Waals surface area contributed by atoms with E-state index in [4.69, 9.17) is 0 Å². The predicted molar refractivity (Wildman–Crippen MR) is 77.0 cm³/mol. The van der Waals surface area contributed by atoms with Crippen LogP contribution in [0.4, 0.5) is 0 Å². The second kappa shape index (κ2) is 7.21. The molecular weight excluding hydrogens is 240 g/mol. The number of hydrogen-bond donors (Lipinski definition) is 1. The molecule has 3 nitrogen and oxygen atoms in total. The van der Waals surface area contributed by atoms with E-state index < -0.39 is 5.97 Å². The zero-order chi connectivity index (χ0) is 14.3. The summed E-state index contributed by atoms with van der Waals surface area (Å²) in [5, 5.41) is 10.1. The normalized spacial score (nSPS) is 10.4. The largest absolute Gasteiger partial charge is 0.507 e. The number of methoxy groups -OCH3 is 1. The van der Waals surface area contributed by atoms with Crippen molar-refractivity contribution in [2.24, 2.45) is 0 Å². The second-order valence-electron chi connectivity index (χ2n) is 4.03. The summed E-state index contributed by atoms with van der Waals surface area (Å²) in [6.07, 6.45) is 7.58. The quantitative estimate of drug-likeness (QED) is 0.484. The van der Waals surface area contributed by atoms with Gasteiger partial charge in [-0.3, -0.25) is 0 Å². The lowest BCUT2D eigenvalue weighted by atomic mass is 9.99. The Morgan fingerprint density at radius 1 is 1.26 bits per heavy atom. The van der Waals surface area contributed by atoms with Crippen LogP contribution >= 0.6 is 0 Å². The maximum absolute atomic E-state index is 11.1. The third-order valence-electron chi connectivity index (χ3n) is 2.63. The molecule has 0 unspecified atom stereocenters. The van der Waals surface area contributed by atoms with Crippen molar-refractivity contribution in [3.05, 3.63) is 60.2 Å². The maximum atomic E-state index is 11.1. The number of ether oxygens (including phenoxy) is 1. The van der Waals surface area contributed by atoms with E-state index in [-0.39, 0.29) is 5.75 Å². The Bertz CT molecular complexity index is 482. The van der Waals surface area contributed by atoms with Gasteiger partial charge in [0.25, 0.3) is 0 Å². The minimum Gasteiger partial charge on any atom is -0.507 e. The van der Waals surface area contributed by atoms with Gasteiger partial charge in [0.15, 0.2) is 0 Å². The van der Waals surface area contributed by atoms with Gasteiger partial charge in [0.1, 0.15) is 5.75 Å². The molecular formula is C16H18O3. The highest BCUT2D eigenvalue weighted by Crippen LogP contribution is 2.26. The summed E-state index contributed by atoms with van der Waals surface area (Å²) in [6.45, 7) is 7.33. The Balaban J connectivity index is 3.17. The fourth-order valence-corrected chi connectivity index (χ4v) is 1.74. The van der Waals surface area contributed by atoms with Crippen LogP contribution in [0.15, 0.2) is 43.5 Å². The van der Waals surface area contributed by atoms with E-state index >= 15 is 0 Å². The smallest absolute Gasteiger partial charge is 0.330 e. The molecule has 1 aromatic rings. The standard InChI is InChI=1S/C16H18O3/c1-4-6-13-10-12(8-9-15(17)19-3)11-14(7-5-2)16(13)18/h4-5,8-11,18H,1-2,6-7H2,3H3. The summed E-state index contributed by atoms with van der Waals surface area (Å²) in [5.74, 6) is -0.154. The van der Waals surface area contributed by atoms with Crippen molar-refractivity contribution in [3.63, 3.8) is 0 Å². The lowest BCUT2D eigenvalue weighted by Gasteiger charge is -2.09. The monoisotopic (exact) mass is 258 g/mol. The van der Waals surface area contributed by atoms with Gasteiger partial charge in [0.05, 0.1) is 7.11 Å². The van der Waals surface area contributed by atoms with E-state index in [0.29, 0.717) is 12.8 Å². The number of allylic oxidation sites excluding steroid dienone is 2. The fourth-order valence-electron chi connectivity index (χ4n) is 1.74. The minimum absolute atomic E-state index is 0.259. The molecule has 0 spiro atoms. The Hall–Kier alpha value is -2.29. The van der Waals surface area contributed by atoms with E-state index in [9.17, 15) is 9.90 Å². The average Bonchev–Trinajstić information content (AvgIpc) is 2.41. The number of phenols is 1. The van der Waals surface area contributed by atoms with Crippen LogP contribution in [-0.4, -0.2) is 18.2 Å². The minimum atomic E-state index is -0.413. The Morgan fingerprint density at radius 2 is 1.79 bits per heavy atom. The van der Waals surface area contributed by atoms with Crippen molar-refractivity contribution in [2.75, 3.05) is 7.11 Å². The zero-order valence-corrected chi connectivity index (χ0v) is 11.1. The highest BCUT2D eigenvalue weighted by Gasteiger charge is 2.07. The Labute approximate surface area is 113 Å². The molecule has 0 aromatic heterocycles. The summed E-state index contributed by atoms with van der Waals surface area (Å²) in [7, 11) is 1.33. The third-order valence-corrected chi connectivity index (χ3v) is 2.63. The van der Waals surface area contributed by atoms with Gasteiger partial charge >= 0.3 is 5.97 Å². The van der Waals surface area contributed by atoms with Crippen molar-refractivity contribution < 1.29 is 14.6 Å². The molecule has 0 saturated heterocycles. The number of hydrogen-bond acceptors (Lipinski definition) is 3. The highest BCUT2D eigenvalue weighted by molar-refractivity contribution is 5.87. The first-order valence-electron chi connectivity index (χ1n) is 5.95. The van der Waals surface area contributed by atoms with Gasteiger partial charge in [-0.05, 0) is 47.7 Å². The molecule has 0 radical (unpaired) electrons. The summed E-state index contributed by atoms with van der Waals surface area (Å²) in [5.41, 5.74) is 2.38. The first-order valence-corrected chi connectivity index (χ1v) is 5.95. The van der Waals surface area contributed by atoms with Crippen LogP contribution in [-0.2, 0) is 22.4 Å². The van der Waals surface area contributed by atoms with Gasteiger partial charge in [-0.1, -0.05) is 12.2 Å². The van der Waals surface area contributed by atoms with E-state index in [1.165, 1.54) is 13.2 Å². The molecule has 0 heterocycles. The molecule has 0 aliphatic rings.